The highest BCUT2D eigenvalue weighted by Crippen LogP contribution is 2.34. The zero-order chi connectivity index (χ0) is 15.0. The molecule has 106 valence electrons. The van der Waals surface area contributed by atoms with Gasteiger partial charge in [0.1, 0.15) is 17.3 Å². The lowest BCUT2D eigenvalue weighted by molar-refractivity contribution is -0.133. The highest BCUT2D eigenvalue weighted by atomic mass is 16.3. The molecule has 2 unspecified atom stereocenters. The molecule has 1 aromatic rings. The Balaban J connectivity index is 2.41. The van der Waals surface area contributed by atoms with Crippen molar-refractivity contribution in [3.8, 4) is 11.5 Å². The van der Waals surface area contributed by atoms with Gasteiger partial charge in [0, 0.05) is 12.5 Å². The van der Waals surface area contributed by atoms with E-state index in [2.05, 4.69) is 0 Å². The lowest BCUT2D eigenvalue weighted by Crippen LogP contribution is -2.37. The van der Waals surface area contributed by atoms with E-state index in [1.54, 1.807) is 13.8 Å². The number of hydrogen-bond acceptors (Lipinski definition) is 5. The molecular formula is C15H16O5. The summed E-state index contributed by atoms with van der Waals surface area (Å²) in [7, 11) is 0. The van der Waals surface area contributed by atoms with Crippen molar-refractivity contribution in [1.29, 1.82) is 0 Å². The second kappa shape index (κ2) is 5.07. The summed E-state index contributed by atoms with van der Waals surface area (Å²) in [6, 6.07) is 2.43. The summed E-state index contributed by atoms with van der Waals surface area (Å²) in [6.45, 7) is 3.26. The normalized spacial score (nSPS) is 22.9. The van der Waals surface area contributed by atoms with Crippen LogP contribution in [0.1, 0.15) is 35.7 Å². The molecule has 0 bridgehead atoms. The van der Waals surface area contributed by atoms with Gasteiger partial charge < -0.3 is 10.2 Å². The first kappa shape index (κ1) is 14.2. The van der Waals surface area contributed by atoms with Crippen LogP contribution in [0.5, 0.6) is 11.5 Å². The number of phenols is 2. The minimum atomic E-state index is -0.901. The van der Waals surface area contributed by atoms with Crippen LogP contribution in [0.2, 0.25) is 0 Å². The van der Waals surface area contributed by atoms with Crippen LogP contribution in [0.3, 0.4) is 0 Å². The van der Waals surface area contributed by atoms with Gasteiger partial charge in [-0.1, -0.05) is 6.92 Å². The van der Waals surface area contributed by atoms with Crippen molar-refractivity contribution >= 4 is 17.3 Å². The van der Waals surface area contributed by atoms with Crippen LogP contribution in [0.25, 0.3) is 0 Å². The standard InChI is InChI=1S/C15H16O5/c1-7-3-9(16)5-11(18)13(7)15(20)14-8(2)4-10(17)6-12(14)19/h3,5,8,14,16,18H,4,6H2,1-2H3. The van der Waals surface area contributed by atoms with E-state index in [1.807, 2.05) is 0 Å². The molecule has 0 heterocycles. The van der Waals surface area contributed by atoms with Gasteiger partial charge in [-0.25, -0.2) is 0 Å². The maximum atomic E-state index is 12.5. The van der Waals surface area contributed by atoms with Gasteiger partial charge in [-0.05, 0) is 24.5 Å². The fourth-order valence-electron chi connectivity index (χ4n) is 2.80. The van der Waals surface area contributed by atoms with E-state index in [0.29, 0.717) is 5.56 Å². The first-order valence-corrected chi connectivity index (χ1v) is 6.42. The molecule has 1 aliphatic carbocycles. The van der Waals surface area contributed by atoms with E-state index in [0.717, 1.165) is 6.07 Å². The number of Topliss-reactive ketones (excluding diaryl/α,β-unsaturated/α-hetero) is 3. The quantitative estimate of drug-likeness (QED) is 0.634. The van der Waals surface area contributed by atoms with Crippen LogP contribution in [0.15, 0.2) is 12.1 Å². The molecule has 0 aliphatic heterocycles. The zero-order valence-electron chi connectivity index (χ0n) is 11.3. The maximum absolute atomic E-state index is 12.5. The van der Waals surface area contributed by atoms with E-state index in [9.17, 15) is 24.6 Å². The number of ketones is 3. The Hall–Kier alpha value is -2.17. The minimum absolute atomic E-state index is 0.0438. The summed E-state index contributed by atoms with van der Waals surface area (Å²) in [4.78, 5) is 35.8. The number of aromatic hydroxyl groups is 2. The molecule has 2 atom stereocenters. The molecule has 1 fully saturated rings. The first-order chi connectivity index (χ1) is 9.31. The average molecular weight is 276 g/mol. The van der Waals surface area contributed by atoms with Crippen molar-refractivity contribution < 1.29 is 24.6 Å². The van der Waals surface area contributed by atoms with E-state index in [1.165, 1.54) is 6.07 Å². The van der Waals surface area contributed by atoms with Crippen LogP contribution in [0, 0.1) is 18.8 Å². The predicted molar refractivity (Wildman–Crippen MR) is 70.7 cm³/mol. The number of phenolic OH excluding ortho intramolecular Hbond substituents is 2. The summed E-state index contributed by atoms with van der Waals surface area (Å²) < 4.78 is 0. The zero-order valence-corrected chi connectivity index (χ0v) is 11.3. The van der Waals surface area contributed by atoms with Crippen LogP contribution >= 0.6 is 0 Å². The van der Waals surface area contributed by atoms with E-state index < -0.39 is 17.5 Å². The summed E-state index contributed by atoms with van der Waals surface area (Å²) in [6.07, 6.45) is -0.0291. The fraction of sp³-hybridized carbons (Fsp3) is 0.400. The topological polar surface area (TPSA) is 91.7 Å². The lowest BCUT2D eigenvalue weighted by atomic mass is 9.74. The van der Waals surface area contributed by atoms with E-state index >= 15 is 0 Å². The van der Waals surface area contributed by atoms with Crippen molar-refractivity contribution in [2.45, 2.75) is 26.7 Å². The van der Waals surface area contributed by atoms with Gasteiger partial charge in [0.2, 0.25) is 0 Å². The second-order valence-electron chi connectivity index (χ2n) is 5.36. The average Bonchev–Trinajstić information content (AvgIpc) is 2.25. The number of carbonyl (C=O) groups excluding carboxylic acids is 3. The smallest absolute Gasteiger partial charge is 0.177 e. The monoisotopic (exact) mass is 276 g/mol. The van der Waals surface area contributed by atoms with Gasteiger partial charge >= 0.3 is 0 Å². The maximum Gasteiger partial charge on any atom is 0.177 e. The molecule has 20 heavy (non-hydrogen) atoms. The Bertz CT molecular complexity index is 579. The van der Waals surface area contributed by atoms with Gasteiger partial charge in [-0.3, -0.25) is 14.4 Å². The number of hydrogen-bond donors (Lipinski definition) is 2. The lowest BCUT2D eigenvalue weighted by Gasteiger charge is -2.26. The SMILES string of the molecule is Cc1cc(O)cc(O)c1C(=O)C1C(=O)CC(=O)CC1C. The molecule has 0 radical (unpaired) electrons. The molecule has 0 amide bonds. The number of aryl methyl sites for hydroxylation is 1. The van der Waals surface area contributed by atoms with Crippen molar-refractivity contribution in [2.75, 3.05) is 0 Å². The molecule has 2 N–H and O–H groups in total. The number of carbonyl (C=O) groups is 3. The number of benzene rings is 1. The van der Waals surface area contributed by atoms with Crippen LogP contribution < -0.4 is 0 Å². The molecule has 0 saturated heterocycles. The Morgan fingerprint density at radius 1 is 1.25 bits per heavy atom. The summed E-state index contributed by atoms with van der Waals surface area (Å²) in [5.41, 5.74) is 0.451. The molecule has 5 nitrogen and oxygen atoms in total. The van der Waals surface area contributed by atoms with Gasteiger partial charge in [0.15, 0.2) is 11.6 Å². The fourth-order valence-corrected chi connectivity index (χ4v) is 2.80. The van der Waals surface area contributed by atoms with Crippen LogP contribution in [0.4, 0.5) is 0 Å². The molecule has 5 heteroatoms. The molecule has 1 aromatic carbocycles. The van der Waals surface area contributed by atoms with Crippen molar-refractivity contribution in [1.82, 2.24) is 0 Å². The summed E-state index contributed by atoms with van der Waals surface area (Å²) >= 11 is 0. The Morgan fingerprint density at radius 3 is 2.45 bits per heavy atom. The van der Waals surface area contributed by atoms with Crippen molar-refractivity contribution in [2.24, 2.45) is 11.8 Å². The van der Waals surface area contributed by atoms with Crippen LogP contribution in [-0.2, 0) is 9.59 Å². The van der Waals surface area contributed by atoms with Crippen LogP contribution in [-0.4, -0.2) is 27.6 Å². The number of rotatable bonds is 2. The molecule has 2 rings (SSSR count). The highest BCUT2D eigenvalue weighted by molar-refractivity contribution is 6.17. The van der Waals surface area contributed by atoms with Crippen molar-refractivity contribution in [3.05, 3.63) is 23.3 Å². The van der Waals surface area contributed by atoms with Gasteiger partial charge in [-0.2, -0.15) is 0 Å². The predicted octanol–water partition coefficient (Wildman–Crippen LogP) is 1.77. The Morgan fingerprint density at radius 2 is 1.90 bits per heavy atom. The minimum Gasteiger partial charge on any atom is -0.508 e. The Kier molecular flexibility index (Phi) is 3.61. The largest absolute Gasteiger partial charge is 0.508 e. The molecular weight excluding hydrogens is 260 g/mol. The molecule has 1 aliphatic rings. The van der Waals surface area contributed by atoms with E-state index in [-0.39, 0.29) is 41.6 Å². The molecule has 1 saturated carbocycles. The molecule has 0 aromatic heterocycles. The summed E-state index contributed by atoms with van der Waals surface area (Å²) in [5.74, 6) is -2.79. The van der Waals surface area contributed by atoms with Crippen molar-refractivity contribution in [3.63, 3.8) is 0 Å². The first-order valence-electron chi connectivity index (χ1n) is 6.42. The third-order valence-corrected chi connectivity index (χ3v) is 3.67. The van der Waals surface area contributed by atoms with Gasteiger partial charge in [0.25, 0.3) is 0 Å². The third-order valence-electron chi connectivity index (χ3n) is 3.67. The second-order valence-corrected chi connectivity index (χ2v) is 5.36. The Labute approximate surface area is 116 Å². The molecule has 0 spiro atoms. The van der Waals surface area contributed by atoms with E-state index in [4.69, 9.17) is 0 Å². The summed E-state index contributed by atoms with van der Waals surface area (Å²) in [5, 5.41) is 19.2. The van der Waals surface area contributed by atoms with Gasteiger partial charge in [-0.15, -0.1) is 0 Å². The van der Waals surface area contributed by atoms with Gasteiger partial charge in [0.05, 0.1) is 17.9 Å². The third kappa shape index (κ3) is 2.43. The highest BCUT2D eigenvalue weighted by Gasteiger charge is 2.39.